The van der Waals surface area contributed by atoms with Gasteiger partial charge in [-0.05, 0) is 89.9 Å². The quantitative estimate of drug-likeness (QED) is 0.0320. The largest absolute Gasteiger partial charge is 0.466 e. The third-order valence-electron chi connectivity index (χ3n) is 15.6. The first-order valence-corrected chi connectivity index (χ1v) is 33.9. The molecule has 6 heteroatoms. The number of allylic oxidation sites excluding steroid dienone is 7. The zero-order valence-corrected chi connectivity index (χ0v) is 51.0. The summed E-state index contributed by atoms with van der Waals surface area (Å²) in [6, 6.07) is -0.632. The maximum Gasteiger partial charge on any atom is 0.305 e. The lowest BCUT2D eigenvalue weighted by Gasteiger charge is -2.20. The van der Waals surface area contributed by atoms with E-state index in [1.165, 1.54) is 283 Å². The molecule has 446 valence electrons. The van der Waals surface area contributed by atoms with Gasteiger partial charge in [0.15, 0.2) is 0 Å². The minimum absolute atomic E-state index is 0.00434. The molecule has 0 aliphatic rings. The Morgan fingerprint density at radius 1 is 0.368 bits per heavy atom. The molecule has 0 fully saturated rings. The van der Waals surface area contributed by atoms with Crippen molar-refractivity contribution in [2.45, 2.75) is 373 Å². The van der Waals surface area contributed by atoms with Crippen molar-refractivity contribution in [3.63, 3.8) is 0 Å². The van der Waals surface area contributed by atoms with E-state index in [0.29, 0.717) is 19.4 Å². The number of carbonyl (C=O) groups excluding carboxylic acids is 2. The molecule has 0 spiro atoms. The summed E-state index contributed by atoms with van der Waals surface area (Å²) < 4.78 is 5.49. The van der Waals surface area contributed by atoms with Crippen LogP contribution >= 0.6 is 0 Å². The molecular weight excluding hydrogens is 935 g/mol. The molecule has 0 bridgehead atoms. The van der Waals surface area contributed by atoms with Gasteiger partial charge in [-0.2, -0.15) is 0 Å². The first-order chi connectivity index (χ1) is 37.5. The Bertz CT molecular complexity index is 1270. The van der Waals surface area contributed by atoms with Gasteiger partial charge in [0.1, 0.15) is 0 Å². The summed E-state index contributed by atoms with van der Waals surface area (Å²) in [4.78, 5) is 24.6. The van der Waals surface area contributed by atoms with Crippen molar-refractivity contribution in [2.75, 3.05) is 13.2 Å². The van der Waals surface area contributed by atoms with Gasteiger partial charge in [-0.25, -0.2) is 0 Å². The van der Waals surface area contributed by atoms with Crippen LogP contribution in [0.25, 0.3) is 0 Å². The number of rotatable bonds is 63. The second-order valence-electron chi connectivity index (χ2n) is 23.1. The minimum atomic E-state index is -0.849. The second kappa shape index (κ2) is 65.3. The van der Waals surface area contributed by atoms with Crippen molar-refractivity contribution in [2.24, 2.45) is 0 Å². The van der Waals surface area contributed by atoms with Crippen molar-refractivity contribution in [3.05, 3.63) is 48.6 Å². The van der Waals surface area contributed by atoms with Crippen molar-refractivity contribution in [1.82, 2.24) is 5.32 Å². The Balaban J connectivity index is 3.43. The smallest absolute Gasteiger partial charge is 0.305 e. The molecule has 2 atom stereocenters. The summed E-state index contributed by atoms with van der Waals surface area (Å²) in [6.07, 6.45) is 84.5. The second-order valence-corrected chi connectivity index (χ2v) is 23.1. The third kappa shape index (κ3) is 61.0. The van der Waals surface area contributed by atoms with Crippen LogP contribution in [0.4, 0.5) is 0 Å². The van der Waals surface area contributed by atoms with Gasteiger partial charge in [-0.15, -0.1) is 0 Å². The van der Waals surface area contributed by atoms with E-state index in [9.17, 15) is 19.8 Å². The van der Waals surface area contributed by atoms with Crippen LogP contribution in [0.15, 0.2) is 48.6 Å². The van der Waals surface area contributed by atoms with Crippen LogP contribution in [0.3, 0.4) is 0 Å². The number of aliphatic hydroxyl groups excluding tert-OH is 2. The number of unbranched alkanes of at least 4 members (excludes halogenated alkanes) is 46. The average molecular weight is 1070 g/mol. The number of amides is 1. The predicted molar refractivity (Wildman–Crippen MR) is 333 cm³/mol. The van der Waals surface area contributed by atoms with Gasteiger partial charge in [0.2, 0.25) is 5.91 Å². The molecule has 2 unspecified atom stereocenters. The monoisotopic (exact) mass is 1070 g/mol. The van der Waals surface area contributed by atoms with Crippen molar-refractivity contribution in [1.29, 1.82) is 0 Å². The molecule has 76 heavy (non-hydrogen) atoms. The Hall–Kier alpha value is -2.18. The number of nitrogens with one attached hydrogen (secondary N) is 1. The summed E-state index contributed by atoms with van der Waals surface area (Å²) in [5.41, 5.74) is 0. The van der Waals surface area contributed by atoms with Crippen LogP contribution in [-0.2, 0) is 14.3 Å². The number of aliphatic hydroxyl groups is 2. The van der Waals surface area contributed by atoms with Crippen LogP contribution in [0, 0.1) is 0 Å². The fourth-order valence-corrected chi connectivity index (χ4v) is 10.4. The Kier molecular flexibility index (Phi) is 63.5. The SMILES string of the molecule is CCCCC/C=C\C/C=C\CCCCCCCCCC(=O)OCCCCCCCCCCCCCC/C=C\CCCCCCCCCCC(=O)NC(CO)C(O)/C=C/CCCCCCCCCCCCCCCCCC. The highest BCUT2D eigenvalue weighted by Crippen LogP contribution is 2.17. The molecule has 0 heterocycles. The first-order valence-electron chi connectivity index (χ1n) is 33.9. The zero-order chi connectivity index (χ0) is 55.0. The molecule has 0 aromatic rings. The number of ether oxygens (including phenoxy) is 1. The molecule has 0 saturated heterocycles. The zero-order valence-electron chi connectivity index (χ0n) is 51.0. The van der Waals surface area contributed by atoms with Crippen LogP contribution < -0.4 is 5.32 Å². The molecule has 0 aromatic carbocycles. The van der Waals surface area contributed by atoms with Gasteiger partial charge in [0.25, 0.3) is 0 Å². The van der Waals surface area contributed by atoms with Crippen molar-refractivity contribution < 1.29 is 24.5 Å². The highest BCUT2D eigenvalue weighted by molar-refractivity contribution is 5.76. The Morgan fingerprint density at radius 3 is 1.04 bits per heavy atom. The van der Waals surface area contributed by atoms with Gasteiger partial charge in [-0.3, -0.25) is 9.59 Å². The summed E-state index contributed by atoms with van der Waals surface area (Å²) >= 11 is 0. The maximum absolute atomic E-state index is 12.5. The standard InChI is InChI=1S/C70H131NO5/c1-3-5-7-9-11-13-15-17-19-21-31-34-38-42-46-50-54-58-62-68(73)67(66-72)71-69(74)63-59-55-51-47-43-39-35-32-28-26-24-22-23-25-27-29-33-37-41-45-49-53-57-61-65-76-70(75)64-60-56-52-48-44-40-36-30-20-18-16-14-12-10-8-6-4-2/h12,14,18,20,24,26,58,62,67-68,72-73H,3-11,13,15-17,19,21-23,25,27-57,59-61,63-66H2,1-2H3,(H,71,74)/b14-12-,20-18-,26-24-,62-58+. The molecule has 1 amide bonds. The lowest BCUT2D eigenvalue weighted by Crippen LogP contribution is -2.45. The normalized spacial score (nSPS) is 12.8. The third-order valence-corrected chi connectivity index (χ3v) is 15.6. The van der Waals surface area contributed by atoms with E-state index in [-0.39, 0.29) is 18.5 Å². The molecule has 6 nitrogen and oxygen atoms in total. The molecule has 0 aliphatic carbocycles. The van der Waals surface area contributed by atoms with E-state index in [2.05, 4.69) is 55.6 Å². The lowest BCUT2D eigenvalue weighted by molar-refractivity contribution is -0.143. The van der Waals surface area contributed by atoms with E-state index >= 15 is 0 Å². The number of hydrogen-bond donors (Lipinski definition) is 3. The van der Waals surface area contributed by atoms with Crippen LogP contribution in [0.5, 0.6) is 0 Å². The van der Waals surface area contributed by atoms with Crippen LogP contribution in [0.2, 0.25) is 0 Å². The van der Waals surface area contributed by atoms with E-state index in [4.69, 9.17) is 4.74 Å². The number of hydrogen-bond acceptors (Lipinski definition) is 5. The molecule has 0 saturated carbocycles. The van der Waals surface area contributed by atoms with Crippen LogP contribution in [0.1, 0.15) is 361 Å². The lowest BCUT2D eigenvalue weighted by atomic mass is 10.0. The van der Waals surface area contributed by atoms with Crippen molar-refractivity contribution >= 4 is 11.9 Å². The van der Waals surface area contributed by atoms with Gasteiger partial charge in [-0.1, -0.05) is 306 Å². The predicted octanol–water partition coefficient (Wildman–Crippen LogP) is 21.7. The molecular formula is C70H131NO5. The fraction of sp³-hybridized carbons (Fsp3) is 0.857. The highest BCUT2D eigenvalue weighted by Gasteiger charge is 2.18. The summed E-state index contributed by atoms with van der Waals surface area (Å²) in [7, 11) is 0. The van der Waals surface area contributed by atoms with Gasteiger partial charge in [0.05, 0.1) is 25.4 Å². The first kappa shape index (κ1) is 73.8. The van der Waals surface area contributed by atoms with Gasteiger partial charge < -0.3 is 20.3 Å². The number of carbonyl (C=O) groups is 2. The Labute approximate surface area is 474 Å². The average Bonchev–Trinajstić information content (AvgIpc) is 3.42. The summed E-state index contributed by atoms with van der Waals surface area (Å²) in [5, 5.41) is 23.2. The minimum Gasteiger partial charge on any atom is -0.466 e. The topological polar surface area (TPSA) is 95.9 Å². The maximum atomic E-state index is 12.5. The van der Waals surface area contributed by atoms with E-state index in [1.54, 1.807) is 6.08 Å². The van der Waals surface area contributed by atoms with Crippen molar-refractivity contribution in [3.8, 4) is 0 Å². The summed E-state index contributed by atoms with van der Waals surface area (Å²) in [5.74, 6) is -0.0662. The molecule has 0 aromatic heterocycles. The van der Waals surface area contributed by atoms with E-state index in [1.807, 2.05) is 6.08 Å². The Morgan fingerprint density at radius 2 is 0.658 bits per heavy atom. The van der Waals surface area contributed by atoms with Gasteiger partial charge in [0, 0.05) is 12.8 Å². The summed E-state index contributed by atoms with van der Waals surface area (Å²) in [6.45, 7) is 4.89. The molecule has 0 radical (unpaired) electrons. The molecule has 0 aliphatic heterocycles. The van der Waals surface area contributed by atoms with E-state index in [0.717, 1.165) is 51.4 Å². The van der Waals surface area contributed by atoms with Crippen LogP contribution in [-0.4, -0.2) is 47.4 Å². The molecule has 3 N–H and O–H groups in total. The number of esters is 1. The highest BCUT2D eigenvalue weighted by atomic mass is 16.5. The van der Waals surface area contributed by atoms with E-state index < -0.39 is 12.1 Å². The van der Waals surface area contributed by atoms with Gasteiger partial charge >= 0.3 is 5.97 Å². The molecule has 0 rings (SSSR count). The fourth-order valence-electron chi connectivity index (χ4n) is 10.4.